The summed E-state index contributed by atoms with van der Waals surface area (Å²) < 4.78 is 4.93. The van der Waals surface area contributed by atoms with Gasteiger partial charge in [0.1, 0.15) is 11.5 Å². The van der Waals surface area contributed by atoms with Crippen molar-refractivity contribution in [1.82, 2.24) is 15.1 Å². The van der Waals surface area contributed by atoms with Crippen molar-refractivity contribution in [2.45, 2.75) is 20.3 Å². The number of hydrogen-bond acceptors (Lipinski definition) is 6. The Balaban J connectivity index is 1.64. The van der Waals surface area contributed by atoms with E-state index in [4.69, 9.17) is 16.1 Å². The second-order valence-electron chi connectivity index (χ2n) is 5.80. The van der Waals surface area contributed by atoms with Crippen molar-refractivity contribution in [2.24, 2.45) is 0 Å². The van der Waals surface area contributed by atoms with Gasteiger partial charge in [0.25, 0.3) is 5.91 Å². The molecule has 0 atom stereocenters. The number of rotatable bonds is 6. The molecule has 2 heterocycles. The van der Waals surface area contributed by atoms with Crippen molar-refractivity contribution in [3.8, 4) is 0 Å². The van der Waals surface area contributed by atoms with E-state index in [1.165, 1.54) is 0 Å². The van der Waals surface area contributed by atoms with Gasteiger partial charge in [-0.3, -0.25) is 4.79 Å². The minimum atomic E-state index is -0.373. The molecule has 0 aliphatic heterocycles. The first kappa shape index (κ1) is 17.9. The van der Waals surface area contributed by atoms with Gasteiger partial charge in [0, 0.05) is 23.3 Å². The van der Waals surface area contributed by atoms with Crippen LogP contribution in [0.15, 0.2) is 40.9 Å². The topological polar surface area (TPSA) is 92.9 Å². The average molecular weight is 372 g/mol. The van der Waals surface area contributed by atoms with E-state index in [-0.39, 0.29) is 11.6 Å². The third-order valence-corrected chi connectivity index (χ3v) is 3.78. The van der Waals surface area contributed by atoms with Gasteiger partial charge in [0.15, 0.2) is 5.82 Å². The van der Waals surface area contributed by atoms with Gasteiger partial charge in [-0.15, -0.1) is 0 Å². The molecule has 0 unspecified atom stereocenters. The van der Waals surface area contributed by atoms with Crippen molar-refractivity contribution in [3.63, 3.8) is 0 Å². The Morgan fingerprint density at radius 2 is 2.04 bits per heavy atom. The first-order valence-electron chi connectivity index (χ1n) is 8.08. The SMILES string of the molecule is Cc1cc(C(=O)Nc2cc(C)on2)nc(NCCc2cccc(Cl)c2)n1. The van der Waals surface area contributed by atoms with E-state index in [9.17, 15) is 4.79 Å². The van der Waals surface area contributed by atoms with Gasteiger partial charge in [0.05, 0.1) is 0 Å². The summed E-state index contributed by atoms with van der Waals surface area (Å²) in [6.07, 6.45) is 0.762. The van der Waals surface area contributed by atoms with Gasteiger partial charge < -0.3 is 15.2 Å². The van der Waals surface area contributed by atoms with Crippen LogP contribution in [-0.4, -0.2) is 27.6 Å². The minimum Gasteiger partial charge on any atom is -0.360 e. The molecule has 3 rings (SSSR count). The lowest BCUT2D eigenvalue weighted by Gasteiger charge is -2.08. The lowest BCUT2D eigenvalue weighted by Crippen LogP contribution is -2.17. The Bertz CT molecular complexity index is 925. The van der Waals surface area contributed by atoms with Crippen LogP contribution < -0.4 is 10.6 Å². The molecular weight excluding hydrogens is 354 g/mol. The summed E-state index contributed by atoms with van der Waals surface area (Å²) in [7, 11) is 0. The molecule has 0 saturated heterocycles. The highest BCUT2D eigenvalue weighted by Gasteiger charge is 2.13. The van der Waals surface area contributed by atoms with Crippen molar-refractivity contribution in [1.29, 1.82) is 0 Å². The number of amides is 1. The third kappa shape index (κ3) is 4.80. The average Bonchev–Trinajstić information content (AvgIpc) is 2.99. The Labute approximate surface area is 155 Å². The second kappa shape index (κ2) is 7.97. The van der Waals surface area contributed by atoms with E-state index in [0.29, 0.717) is 34.8 Å². The lowest BCUT2D eigenvalue weighted by atomic mass is 10.1. The number of benzene rings is 1. The smallest absolute Gasteiger partial charge is 0.275 e. The van der Waals surface area contributed by atoms with E-state index in [2.05, 4.69) is 25.8 Å². The number of halogens is 1. The van der Waals surface area contributed by atoms with Crippen LogP contribution in [0.2, 0.25) is 5.02 Å². The van der Waals surface area contributed by atoms with Gasteiger partial charge in [0.2, 0.25) is 5.95 Å². The largest absolute Gasteiger partial charge is 0.360 e. The number of aromatic nitrogens is 3. The zero-order valence-corrected chi connectivity index (χ0v) is 15.2. The van der Waals surface area contributed by atoms with Gasteiger partial charge in [-0.05, 0) is 44.0 Å². The monoisotopic (exact) mass is 371 g/mol. The van der Waals surface area contributed by atoms with Gasteiger partial charge in [-0.25, -0.2) is 9.97 Å². The van der Waals surface area contributed by atoms with Crippen molar-refractivity contribution >= 4 is 29.3 Å². The maximum Gasteiger partial charge on any atom is 0.275 e. The molecule has 8 heteroatoms. The Morgan fingerprint density at radius 1 is 1.19 bits per heavy atom. The molecule has 7 nitrogen and oxygen atoms in total. The Kier molecular flexibility index (Phi) is 5.48. The van der Waals surface area contributed by atoms with Crippen molar-refractivity contribution in [3.05, 3.63) is 64.1 Å². The molecule has 0 bridgehead atoms. The molecule has 2 N–H and O–H groups in total. The highest BCUT2D eigenvalue weighted by Crippen LogP contribution is 2.13. The normalized spacial score (nSPS) is 10.6. The summed E-state index contributed by atoms with van der Waals surface area (Å²) in [5, 5.41) is 10.2. The van der Waals surface area contributed by atoms with E-state index in [1.807, 2.05) is 24.3 Å². The van der Waals surface area contributed by atoms with Crippen LogP contribution >= 0.6 is 11.6 Å². The Morgan fingerprint density at radius 3 is 2.77 bits per heavy atom. The number of aryl methyl sites for hydroxylation is 2. The van der Waals surface area contributed by atoms with Crippen molar-refractivity contribution in [2.75, 3.05) is 17.2 Å². The molecule has 0 spiro atoms. The van der Waals surface area contributed by atoms with Gasteiger partial charge in [-0.1, -0.05) is 28.9 Å². The molecule has 1 aromatic carbocycles. The summed E-state index contributed by atoms with van der Waals surface area (Å²) in [6.45, 7) is 4.17. The molecular formula is C18H18ClN5O2. The Hall–Kier alpha value is -2.93. The van der Waals surface area contributed by atoms with Gasteiger partial charge >= 0.3 is 0 Å². The predicted molar refractivity (Wildman–Crippen MR) is 99.6 cm³/mol. The fourth-order valence-corrected chi connectivity index (χ4v) is 2.59. The summed E-state index contributed by atoms with van der Waals surface area (Å²) in [4.78, 5) is 20.9. The quantitative estimate of drug-likeness (QED) is 0.687. The highest BCUT2D eigenvalue weighted by molar-refractivity contribution is 6.30. The van der Waals surface area contributed by atoms with E-state index < -0.39 is 0 Å². The van der Waals surface area contributed by atoms with Crippen LogP contribution in [0, 0.1) is 13.8 Å². The molecule has 134 valence electrons. The summed E-state index contributed by atoms with van der Waals surface area (Å²) in [6, 6.07) is 10.9. The summed E-state index contributed by atoms with van der Waals surface area (Å²) >= 11 is 5.98. The predicted octanol–water partition coefficient (Wildman–Crippen LogP) is 3.64. The fourth-order valence-electron chi connectivity index (χ4n) is 2.38. The van der Waals surface area contributed by atoms with E-state index >= 15 is 0 Å². The molecule has 3 aromatic rings. The molecule has 0 saturated carbocycles. The maximum atomic E-state index is 12.3. The maximum absolute atomic E-state index is 12.3. The molecule has 1 amide bonds. The van der Waals surface area contributed by atoms with E-state index in [0.717, 1.165) is 12.0 Å². The lowest BCUT2D eigenvalue weighted by molar-refractivity contribution is 0.102. The number of hydrogen-bond donors (Lipinski definition) is 2. The molecule has 2 aromatic heterocycles. The van der Waals surface area contributed by atoms with Crippen molar-refractivity contribution < 1.29 is 9.32 Å². The molecule has 26 heavy (non-hydrogen) atoms. The van der Waals surface area contributed by atoms with Crippen LogP contribution in [0.4, 0.5) is 11.8 Å². The van der Waals surface area contributed by atoms with Crippen LogP contribution in [-0.2, 0) is 6.42 Å². The first-order valence-corrected chi connectivity index (χ1v) is 8.46. The van der Waals surface area contributed by atoms with Crippen LogP contribution in [0.25, 0.3) is 0 Å². The third-order valence-electron chi connectivity index (χ3n) is 3.54. The number of nitrogens with zero attached hydrogens (tertiary/aromatic N) is 3. The van der Waals surface area contributed by atoms with Crippen LogP contribution in [0.1, 0.15) is 27.5 Å². The van der Waals surface area contributed by atoms with Crippen LogP contribution in [0.5, 0.6) is 0 Å². The van der Waals surface area contributed by atoms with E-state index in [1.54, 1.807) is 26.0 Å². The number of nitrogens with one attached hydrogen (secondary N) is 2. The second-order valence-corrected chi connectivity index (χ2v) is 6.24. The number of carbonyl (C=O) groups excluding carboxylic acids is 1. The number of anilines is 2. The fraction of sp³-hybridized carbons (Fsp3) is 0.222. The molecule has 0 fully saturated rings. The van der Waals surface area contributed by atoms with Gasteiger partial charge in [-0.2, -0.15) is 0 Å². The highest BCUT2D eigenvalue weighted by atomic mass is 35.5. The zero-order valence-electron chi connectivity index (χ0n) is 14.4. The molecule has 0 radical (unpaired) electrons. The summed E-state index contributed by atoms with van der Waals surface area (Å²) in [5.74, 6) is 0.983. The summed E-state index contributed by atoms with van der Waals surface area (Å²) in [5.41, 5.74) is 2.05. The molecule has 0 aliphatic carbocycles. The zero-order chi connectivity index (χ0) is 18.5. The minimum absolute atomic E-state index is 0.253. The molecule has 0 aliphatic rings. The number of carbonyl (C=O) groups is 1. The van der Waals surface area contributed by atoms with Crippen LogP contribution in [0.3, 0.4) is 0 Å². The first-order chi connectivity index (χ1) is 12.5. The standard InChI is InChI=1S/C18H18ClN5O2/c1-11-8-15(17(25)23-16-9-12(2)26-24-16)22-18(21-11)20-7-6-13-4-3-5-14(19)10-13/h3-5,8-10H,6-7H2,1-2H3,(H,20,21,22)(H,23,24,25).